The topological polar surface area (TPSA) is 55.1 Å². The molecule has 0 spiro atoms. The van der Waals surface area contributed by atoms with Gasteiger partial charge in [-0.3, -0.25) is 4.40 Å². The highest BCUT2D eigenvalue weighted by Crippen LogP contribution is 2.11. The molecule has 3 rings (SSSR count). The maximum absolute atomic E-state index is 4.51. The number of nitrogens with zero attached hydrogens (tertiary/aromatic N) is 4. The van der Waals surface area contributed by atoms with Crippen LogP contribution in [0.3, 0.4) is 0 Å². The fraction of sp³-hybridized carbons (Fsp3) is 0.250. The molecular weight excluding hydrogens is 246 g/mol. The average Bonchev–Trinajstić information content (AvgIpc) is 2.89. The van der Waals surface area contributed by atoms with Gasteiger partial charge < -0.3 is 5.32 Å². The van der Waals surface area contributed by atoms with E-state index in [0.29, 0.717) is 0 Å². The fourth-order valence-corrected chi connectivity index (χ4v) is 2.50. The lowest BCUT2D eigenvalue weighted by atomic mass is 10.4. The van der Waals surface area contributed by atoms with Gasteiger partial charge in [-0.2, -0.15) is 0 Å². The van der Waals surface area contributed by atoms with Crippen molar-refractivity contribution in [3.8, 4) is 0 Å². The van der Waals surface area contributed by atoms with Crippen LogP contribution in [0.15, 0.2) is 30.0 Å². The van der Waals surface area contributed by atoms with Gasteiger partial charge in [0.2, 0.25) is 0 Å². The zero-order chi connectivity index (χ0) is 12.4. The number of thiazole rings is 1. The van der Waals surface area contributed by atoms with E-state index in [1.165, 1.54) is 0 Å². The summed E-state index contributed by atoms with van der Waals surface area (Å²) in [5.41, 5.74) is 2.05. The van der Waals surface area contributed by atoms with Crippen molar-refractivity contribution in [3.63, 3.8) is 0 Å². The van der Waals surface area contributed by atoms with Crippen molar-refractivity contribution in [1.29, 1.82) is 0 Å². The molecule has 0 radical (unpaired) electrons. The van der Waals surface area contributed by atoms with E-state index < -0.39 is 0 Å². The van der Waals surface area contributed by atoms with Gasteiger partial charge in [0.15, 0.2) is 4.96 Å². The lowest BCUT2D eigenvalue weighted by Gasteiger charge is -2.02. The number of hydrogen-bond acceptors (Lipinski definition) is 5. The first-order chi connectivity index (χ1) is 8.81. The first-order valence-electron chi connectivity index (χ1n) is 5.71. The van der Waals surface area contributed by atoms with E-state index in [9.17, 15) is 0 Å². The van der Waals surface area contributed by atoms with E-state index in [4.69, 9.17) is 0 Å². The second-order valence-electron chi connectivity index (χ2n) is 4.02. The van der Waals surface area contributed by atoms with E-state index in [1.807, 2.05) is 35.2 Å². The predicted molar refractivity (Wildman–Crippen MR) is 70.4 cm³/mol. The molecule has 18 heavy (non-hydrogen) atoms. The lowest BCUT2D eigenvalue weighted by molar-refractivity contribution is 0.666. The highest BCUT2D eigenvalue weighted by molar-refractivity contribution is 7.15. The van der Waals surface area contributed by atoms with Crippen LogP contribution >= 0.6 is 11.3 Å². The van der Waals surface area contributed by atoms with Crippen molar-refractivity contribution in [2.45, 2.75) is 20.0 Å². The Morgan fingerprint density at radius 3 is 3.00 bits per heavy atom. The van der Waals surface area contributed by atoms with Crippen molar-refractivity contribution < 1.29 is 0 Å². The van der Waals surface area contributed by atoms with Gasteiger partial charge in [-0.05, 0) is 13.0 Å². The van der Waals surface area contributed by atoms with Crippen LogP contribution in [0.4, 0.5) is 0 Å². The van der Waals surface area contributed by atoms with Crippen molar-refractivity contribution in [2.24, 2.45) is 0 Å². The van der Waals surface area contributed by atoms with Crippen LogP contribution in [0.5, 0.6) is 0 Å². The Hall–Kier alpha value is -1.79. The molecule has 3 aromatic rings. The summed E-state index contributed by atoms with van der Waals surface area (Å²) in [6.45, 7) is 3.37. The number of nitrogens with one attached hydrogen (secondary N) is 1. The summed E-state index contributed by atoms with van der Waals surface area (Å²) in [7, 11) is 0. The molecule has 0 aliphatic heterocycles. The standard InChI is InChI=1S/C12H13N5S/c1-9-14-3-2-10(15-9)6-13-7-11-8-17-4-5-18-12(17)16-11/h2-5,8,13H,6-7H2,1H3. The molecule has 6 heteroatoms. The minimum absolute atomic E-state index is 0.731. The normalized spacial score (nSPS) is 11.2. The second kappa shape index (κ2) is 4.83. The van der Waals surface area contributed by atoms with Crippen LogP contribution in [-0.2, 0) is 13.1 Å². The monoisotopic (exact) mass is 259 g/mol. The fourth-order valence-electron chi connectivity index (χ4n) is 1.78. The number of rotatable bonds is 4. The van der Waals surface area contributed by atoms with Crippen molar-refractivity contribution in [1.82, 2.24) is 24.7 Å². The number of aryl methyl sites for hydroxylation is 1. The maximum Gasteiger partial charge on any atom is 0.193 e. The molecule has 0 fully saturated rings. The van der Waals surface area contributed by atoms with Crippen LogP contribution in [0.2, 0.25) is 0 Å². The Labute approximate surface area is 109 Å². The Kier molecular flexibility index (Phi) is 3.04. The molecule has 1 N–H and O–H groups in total. The van der Waals surface area contributed by atoms with E-state index in [0.717, 1.165) is 35.3 Å². The maximum atomic E-state index is 4.51. The molecule has 0 saturated carbocycles. The van der Waals surface area contributed by atoms with Crippen LogP contribution in [0.25, 0.3) is 4.96 Å². The quantitative estimate of drug-likeness (QED) is 0.776. The summed E-state index contributed by atoms with van der Waals surface area (Å²) in [6, 6.07) is 1.92. The van der Waals surface area contributed by atoms with Crippen molar-refractivity contribution in [2.75, 3.05) is 0 Å². The number of imidazole rings is 1. The number of fused-ring (bicyclic) bond motifs is 1. The molecule has 0 aliphatic carbocycles. The van der Waals surface area contributed by atoms with Crippen LogP contribution < -0.4 is 5.32 Å². The van der Waals surface area contributed by atoms with Gasteiger partial charge in [0.1, 0.15) is 5.82 Å². The molecular formula is C12H13N5S. The van der Waals surface area contributed by atoms with Gasteiger partial charge in [-0.15, -0.1) is 11.3 Å². The van der Waals surface area contributed by atoms with Crippen molar-refractivity contribution >= 4 is 16.3 Å². The lowest BCUT2D eigenvalue weighted by Crippen LogP contribution is -2.14. The average molecular weight is 259 g/mol. The Morgan fingerprint density at radius 2 is 2.17 bits per heavy atom. The first kappa shape index (κ1) is 11.3. The Balaban J connectivity index is 1.60. The third kappa shape index (κ3) is 2.39. The molecule has 3 aromatic heterocycles. The highest BCUT2D eigenvalue weighted by atomic mass is 32.1. The zero-order valence-corrected chi connectivity index (χ0v) is 10.8. The van der Waals surface area contributed by atoms with Gasteiger partial charge >= 0.3 is 0 Å². The molecule has 0 atom stereocenters. The SMILES string of the molecule is Cc1nccc(CNCc2cn3ccsc3n2)n1. The van der Waals surface area contributed by atoms with Gasteiger partial charge in [0.25, 0.3) is 0 Å². The Morgan fingerprint density at radius 1 is 1.28 bits per heavy atom. The number of hydrogen-bond donors (Lipinski definition) is 1. The minimum Gasteiger partial charge on any atom is -0.305 e. The second-order valence-corrected chi connectivity index (χ2v) is 4.90. The first-order valence-corrected chi connectivity index (χ1v) is 6.59. The van der Waals surface area contributed by atoms with Gasteiger partial charge in [0.05, 0.1) is 11.4 Å². The van der Waals surface area contributed by atoms with E-state index >= 15 is 0 Å². The molecule has 0 bridgehead atoms. The third-order valence-corrected chi connectivity index (χ3v) is 3.36. The smallest absolute Gasteiger partial charge is 0.193 e. The van der Waals surface area contributed by atoms with E-state index in [-0.39, 0.29) is 0 Å². The zero-order valence-electron chi connectivity index (χ0n) is 10.00. The van der Waals surface area contributed by atoms with Crippen LogP contribution in [-0.4, -0.2) is 19.4 Å². The molecule has 0 unspecified atom stereocenters. The van der Waals surface area contributed by atoms with Crippen LogP contribution in [0.1, 0.15) is 17.2 Å². The van der Waals surface area contributed by atoms with Gasteiger partial charge in [-0.1, -0.05) is 0 Å². The summed E-state index contributed by atoms with van der Waals surface area (Å²) >= 11 is 1.64. The summed E-state index contributed by atoms with van der Waals surface area (Å²) < 4.78 is 2.04. The molecule has 92 valence electrons. The highest BCUT2D eigenvalue weighted by Gasteiger charge is 2.02. The van der Waals surface area contributed by atoms with Gasteiger partial charge in [-0.25, -0.2) is 15.0 Å². The molecule has 3 heterocycles. The molecule has 0 amide bonds. The Bertz CT molecular complexity index is 629. The van der Waals surface area contributed by atoms with Crippen LogP contribution in [0, 0.1) is 6.92 Å². The summed E-state index contributed by atoms with van der Waals surface area (Å²) in [6.07, 6.45) is 5.85. The largest absolute Gasteiger partial charge is 0.305 e. The van der Waals surface area contributed by atoms with E-state index in [1.54, 1.807) is 17.5 Å². The summed E-state index contributed by atoms with van der Waals surface area (Å²) in [5, 5.41) is 5.37. The molecule has 0 aliphatic rings. The van der Waals surface area contributed by atoms with E-state index in [2.05, 4.69) is 20.3 Å². The third-order valence-electron chi connectivity index (χ3n) is 2.59. The molecule has 5 nitrogen and oxygen atoms in total. The molecule has 0 saturated heterocycles. The summed E-state index contributed by atoms with van der Waals surface area (Å²) in [5.74, 6) is 0.803. The number of aromatic nitrogens is 4. The summed E-state index contributed by atoms with van der Waals surface area (Å²) in [4.78, 5) is 14.0. The predicted octanol–water partition coefficient (Wildman–Crippen LogP) is 1.78. The van der Waals surface area contributed by atoms with Crippen molar-refractivity contribution in [3.05, 3.63) is 47.2 Å². The molecule has 0 aromatic carbocycles. The minimum atomic E-state index is 0.731. The van der Waals surface area contributed by atoms with Gasteiger partial charge in [0, 0.05) is 37.1 Å².